The summed E-state index contributed by atoms with van der Waals surface area (Å²) in [6, 6.07) is 13.6. The number of nitrogens with zero attached hydrogens (tertiary/aromatic N) is 2. The number of halogens is 3. The molecule has 1 heterocycles. The van der Waals surface area contributed by atoms with Gasteiger partial charge < -0.3 is 4.57 Å². The van der Waals surface area contributed by atoms with Crippen molar-refractivity contribution in [2.45, 2.75) is 18.8 Å². The van der Waals surface area contributed by atoms with E-state index in [9.17, 15) is 0 Å². The van der Waals surface area contributed by atoms with Gasteiger partial charge in [0.15, 0.2) is 0 Å². The van der Waals surface area contributed by atoms with Crippen LogP contribution in [0.25, 0.3) is 11.0 Å². The van der Waals surface area contributed by atoms with Crippen molar-refractivity contribution in [3.63, 3.8) is 0 Å². The topological polar surface area (TPSA) is 17.8 Å². The SMILES string of the molecule is CC(c1ccc(Cl)cc1)n1c(CCl)nc2cc(Cl)ccc21. The predicted molar refractivity (Wildman–Crippen MR) is 89.6 cm³/mol. The third kappa shape index (κ3) is 2.76. The zero-order valence-corrected chi connectivity index (χ0v) is 13.6. The monoisotopic (exact) mass is 338 g/mol. The van der Waals surface area contributed by atoms with Crippen molar-refractivity contribution < 1.29 is 0 Å². The quantitative estimate of drug-likeness (QED) is 0.560. The summed E-state index contributed by atoms with van der Waals surface area (Å²) in [5.74, 6) is 1.18. The van der Waals surface area contributed by atoms with Crippen molar-refractivity contribution in [1.82, 2.24) is 9.55 Å². The lowest BCUT2D eigenvalue weighted by Crippen LogP contribution is -2.09. The van der Waals surface area contributed by atoms with Gasteiger partial charge in [0.1, 0.15) is 5.82 Å². The van der Waals surface area contributed by atoms with E-state index >= 15 is 0 Å². The number of imidazole rings is 1. The van der Waals surface area contributed by atoms with E-state index in [0.29, 0.717) is 10.9 Å². The van der Waals surface area contributed by atoms with Crippen LogP contribution in [0.4, 0.5) is 0 Å². The van der Waals surface area contributed by atoms with Crippen molar-refractivity contribution in [1.29, 1.82) is 0 Å². The number of aromatic nitrogens is 2. The average molecular weight is 340 g/mol. The second-order valence-corrected chi connectivity index (χ2v) is 6.03. The molecule has 1 unspecified atom stereocenters. The summed E-state index contributed by atoms with van der Waals surface area (Å²) in [7, 11) is 0. The first-order valence-corrected chi connectivity index (χ1v) is 7.87. The Morgan fingerprint density at radius 3 is 2.38 bits per heavy atom. The van der Waals surface area contributed by atoms with Gasteiger partial charge in [-0.25, -0.2) is 4.98 Å². The molecule has 0 aliphatic carbocycles. The molecule has 0 radical (unpaired) electrons. The second kappa shape index (κ2) is 5.88. The highest BCUT2D eigenvalue weighted by Gasteiger charge is 2.17. The van der Waals surface area contributed by atoms with Crippen molar-refractivity contribution in [2.75, 3.05) is 0 Å². The fraction of sp³-hybridized carbons (Fsp3) is 0.188. The minimum atomic E-state index is 0.113. The summed E-state index contributed by atoms with van der Waals surface area (Å²) in [5, 5.41) is 1.40. The van der Waals surface area contributed by atoms with Gasteiger partial charge in [-0.1, -0.05) is 35.3 Å². The van der Waals surface area contributed by atoms with E-state index < -0.39 is 0 Å². The molecule has 21 heavy (non-hydrogen) atoms. The molecule has 3 aromatic rings. The smallest absolute Gasteiger partial charge is 0.125 e. The van der Waals surface area contributed by atoms with Gasteiger partial charge in [-0.3, -0.25) is 0 Å². The van der Waals surface area contributed by atoms with Crippen LogP contribution in [0.2, 0.25) is 10.0 Å². The van der Waals surface area contributed by atoms with Crippen LogP contribution in [-0.4, -0.2) is 9.55 Å². The van der Waals surface area contributed by atoms with Crippen LogP contribution in [-0.2, 0) is 5.88 Å². The fourth-order valence-corrected chi connectivity index (χ4v) is 3.02. The first-order valence-electron chi connectivity index (χ1n) is 6.58. The molecule has 0 bridgehead atoms. The average Bonchev–Trinajstić information content (AvgIpc) is 2.84. The number of rotatable bonds is 3. The highest BCUT2D eigenvalue weighted by Crippen LogP contribution is 2.29. The summed E-state index contributed by atoms with van der Waals surface area (Å²) in [6.07, 6.45) is 0. The molecule has 5 heteroatoms. The highest BCUT2D eigenvalue weighted by atomic mass is 35.5. The van der Waals surface area contributed by atoms with E-state index in [1.165, 1.54) is 0 Å². The Labute approximate surface area is 138 Å². The van der Waals surface area contributed by atoms with Crippen LogP contribution < -0.4 is 0 Å². The molecule has 0 spiro atoms. The van der Waals surface area contributed by atoms with E-state index in [2.05, 4.69) is 16.5 Å². The van der Waals surface area contributed by atoms with Gasteiger partial charge in [-0.15, -0.1) is 11.6 Å². The molecule has 0 saturated heterocycles. The van der Waals surface area contributed by atoms with Crippen molar-refractivity contribution in [3.05, 3.63) is 63.9 Å². The molecule has 0 fully saturated rings. The van der Waals surface area contributed by atoms with Gasteiger partial charge >= 0.3 is 0 Å². The molecule has 0 N–H and O–H groups in total. The van der Waals surface area contributed by atoms with Crippen LogP contribution in [0.5, 0.6) is 0 Å². The Kier molecular flexibility index (Phi) is 4.12. The second-order valence-electron chi connectivity index (χ2n) is 4.89. The van der Waals surface area contributed by atoms with E-state index in [1.54, 1.807) is 0 Å². The zero-order chi connectivity index (χ0) is 15.0. The number of hydrogen-bond donors (Lipinski definition) is 0. The molecule has 0 saturated carbocycles. The standard InChI is InChI=1S/C16H13Cl3N2/c1-10(11-2-4-12(18)5-3-11)21-15-7-6-13(19)8-14(15)20-16(21)9-17/h2-8,10H,9H2,1H3. The van der Waals surface area contributed by atoms with E-state index in [0.717, 1.165) is 27.4 Å². The Morgan fingerprint density at radius 1 is 1.05 bits per heavy atom. The van der Waals surface area contributed by atoms with Gasteiger partial charge in [0.05, 0.1) is 23.0 Å². The minimum Gasteiger partial charge on any atom is -0.320 e. The molecule has 3 rings (SSSR count). The lowest BCUT2D eigenvalue weighted by molar-refractivity contribution is 0.634. The Hall–Kier alpha value is -1.22. The predicted octanol–water partition coefficient (Wildman–Crippen LogP) is 5.69. The first-order chi connectivity index (χ1) is 10.1. The molecule has 1 atom stereocenters. The maximum absolute atomic E-state index is 6.06. The summed E-state index contributed by atoms with van der Waals surface area (Å²) < 4.78 is 2.14. The van der Waals surface area contributed by atoms with Crippen LogP contribution in [0.1, 0.15) is 24.4 Å². The Bertz CT molecular complexity index is 778. The van der Waals surface area contributed by atoms with Crippen molar-refractivity contribution >= 4 is 45.8 Å². The van der Waals surface area contributed by atoms with Gasteiger partial charge in [0.25, 0.3) is 0 Å². The van der Waals surface area contributed by atoms with Gasteiger partial charge in [-0.2, -0.15) is 0 Å². The number of benzene rings is 2. The highest BCUT2D eigenvalue weighted by molar-refractivity contribution is 6.31. The molecule has 2 nitrogen and oxygen atoms in total. The lowest BCUT2D eigenvalue weighted by atomic mass is 10.1. The maximum atomic E-state index is 6.06. The Balaban J connectivity index is 2.16. The minimum absolute atomic E-state index is 0.113. The molecular weight excluding hydrogens is 327 g/mol. The van der Waals surface area contributed by atoms with Gasteiger partial charge in [0.2, 0.25) is 0 Å². The fourth-order valence-electron chi connectivity index (χ4n) is 2.54. The molecule has 0 aliphatic rings. The van der Waals surface area contributed by atoms with Crippen LogP contribution in [0, 0.1) is 0 Å². The molecule has 108 valence electrons. The number of hydrogen-bond acceptors (Lipinski definition) is 1. The summed E-state index contributed by atoms with van der Waals surface area (Å²) in [4.78, 5) is 4.58. The molecule has 0 aliphatic heterocycles. The molecular formula is C16H13Cl3N2. The van der Waals surface area contributed by atoms with Gasteiger partial charge in [-0.05, 0) is 42.8 Å². The largest absolute Gasteiger partial charge is 0.320 e. The number of fused-ring (bicyclic) bond motifs is 1. The molecule has 0 amide bonds. The van der Waals surface area contributed by atoms with Crippen LogP contribution >= 0.6 is 34.8 Å². The van der Waals surface area contributed by atoms with Crippen LogP contribution in [0.3, 0.4) is 0 Å². The third-order valence-electron chi connectivity index (χ3n) is 3.58. The summed E-state index contributed by atoms with van der Waals surface area (Å²) in [6.45, 7) is 2.12. The van der Waals surface area contributed by atoms with Crippen molar-refractivity contribution in [2.24, 2.45) is 0 Å². The first kappa shape index (κ1) is 14.7. The normalized spacial score (nSPS) is 12.8. The maximum Gasteiger partial charge on any atom is 0.125 e. The zero-order valence-electron chi connectivity index (χ0n) is 11.4. The summed E-state index contributed by atoms with van der Waals surface area (Å²) in [5.41, 5.74) is 3.04. The summed E-state index contributed by atoms with van der Waals surface area (Å²) >= 11 is 18.1. The van der Waals surface area contributed by atoms with E-state index in [4.69, 9.17) is 34.8 Å². The Morgan fingerprint density at radius 2 is 1.71 bits per heavy atom. The van der Waals surface area contributed by atoms with Crippen molar-refractivity contribution in [3.8, 4) is 0 Å². The molecule has 1 aromatic heterocycles. The number of alkyl halides is 1. The van der Waals surface area contributed by atoms with Gasteiger partial charge in [0, 0.05) is 10.0 Å². The molecule has 2 aromatic carbocycles. The third-order valence-corrected chi connectivity index (χ3v) is 4.31. The van der Waals surface area contributed by atoms with Crippen LogP contribution in [0.15, 0.2) is 42.5 Å². The lowest BCUT2D eigenvalue weighted by Gasteiger charge is -2.17. The van der Waals surface area contributed by atoms with E-state index in [1.807, 2.05) is 42.5 Å². The van der Waals surface area contributed by atoms with E-state index in [-0.39, 0.29) is 6.04 Å².